The maximum Gasteiger partial charge on any atom is 0.243 e. The average molecular weight is 352 g/mol. The standard InChI is InChI=1S/C18H32N4O3/c1-4-9-19-18(20-13-17(23)21(2)3)22-10-7-15(8-11-22)25-14-16-6-5-12-24-16/h4,15-16H,1,5-14H2,2-3H3,(H,19,20). The van der Waals surface area contributed by atoms with Gasteiger partial charge in [-0.2, -0.15) is 0 Å². The number of aliphatic imine (C=N–C) groups is 1. The zero-order chi connectivity index (χ0) is 18.1. The summed E-state index contributed by atoms with van der Waals surface area (Å²) in [6, 6.07) is 0. The van der Waals surface area contributed by atoms with E-state index in [9.17, 15) is 4.79 Å². The molecule has 7 nitrogen and oxygen atoms in total. The highest BCUT2D eigenvalue weighted by Gasteiger charge is 2.24. The van der Waals surface area contributed by atoms with Gasteiger partial charge in [-0.15, -0.1) is 6.58 Å². The molecule has 2 aliphatic rings. The van der Waals surface area contributed by atoms with E-state index < -0.39 is 0 Å². The Morgan fingerprint density at radius 2 is 2.16 bits per heavy atom. The number of amides is 1. The quantitative estimate of drug-likeness (QED) is 0.418. The van der Waals surface area contributed by atoms with E-state index in [1.807, 2.05) is 0 Å². The van der Waals surface area contributed by atoms with Crippen molar-refractivity contribution in [1.82, 2.24) is 15.1 Å². The predicted molar refractivity (Wildman–Crippen MR) is 98.7 cm³/mol. The number of hydrogen-bond acceptors (Lipinski definition) is 4. The Bertz CT molecular complexity index is 453. The van der Waals surface area contributed by atoms with E-state index in [2.05, 4.69) is 21.8 Å². The van der Waals surface area contributed by atoms with Gasteiger partial charge in [0.2, 0.25) is 5.91 Å². The second kappa shape index (κ2) is 10.4. The van der Waals surface area contributed by atoms with Gasteiger partial charge in [-0.05, 0) is 25.7 Å². The molecule has 2 aliphatic heterocycles. The first-order chi connectivity index (χ1) is 12.1. The van der Waals surface area contributed by atoms with Crippen molar-refractivity contribution in [2.45, 2.75) is 37.9 Å². The monoisotopic (exact) mass is 352 g/mol. The van der Waals surface area contributed by atoms with E-state index in [1.165, 1.54) is 0 Å². The second-order valence-electron chi connectivity index (χ2n) is 6.75. The minimum absolute atomic E-state index is 0.00677. The fraction of sp³-hybridized carbons (Fsp3) is 0.778. The molecule has 7 heteroatoms. The molecule has 1 unspecified atom stereocenters. The Morgan fingerprint density at radius 3 is 2.76 bits per heavy atom. The number of carbonyl (C=O) groups excluding carboxylic acids is 1. The van der Waals surface area contributed by atoms with Gasteiger partial charge >= 0.3 is 0 Å². The summed E-state index contributed by atoms with van der Waals surface area (Å²) in [7, 11) is 3.48. The maximum absolute atomic E-state index is 11.8. The number of likely N-dealkylation sites (N-methyl/N-ethyl adjacent to an activating group) is 1. The van der Waals surface area contributed by atoms with Crippen molar-refractivity contribution in [3.8, 4) is 0 Å². The summed E-state index contributed by atoms with van der Waals surface area (Å²) in [6.07, 6.45) is 6.53. The first-order valence-corrected chi connectivity index (χ1v) is 9.17. The van der Waals surface area contributed by atoms with Gasteiger partial charge in [-0.3, -0.25) is 4.79 Å². The van der Waals surface area contributed by atoms with E-state index in [0.717, 1.165) is 51.3 Å². The van der Waals surface area contributed by atoms with Crippen molar-refractivity contribution in [3.05, 3.63) is 12.7 Å². The fourth-order valence-corrected chi connectivity index (χ4v) is 2.97. The first-order valence-electron chi connectivity index (χ1n) is 9.17. The van der Waals surface area contributed by atoms with Crippen LogP contribution in [0, 0.1) is 0 Å². The molecule has 1 N–H and O–H groups in total. The van der Waals surface area contributed by atoms with Crippen molar-refractivity contribution >= 4 is 11.9 Å². The van der Waals surface area contributed by atoms with Crippen LogP contribution >= 0.6 is 0 Å². The number of nitrogens with zero attached hydrogens (tertiary/aromatic N) is 3. The lowest BCUT2D eigenvalue weighted by Gasteiger charge is -2.34. The molecule has 2 saturated heterocycles. The molecule has 2 fully saturated rings. The minimum Gasteiger partial charge on any atom is -0.376 e. The largest absolute Gasteiger partial charge is 0.376 e. The predicted octanol–water partition coefficient (Wildman–Crippen LogP) is 0.866. The van der Waals surface area contributed by atoms with Crippen LogP contribution in [0.5, 0.6) is 0 Å². The van der Waals surface area contributed by atoms with Crippen molar-refractivity contribution in [2.24, 2.45) is 4.99 Å². The van der Waals surface area contributed by atoms with Crippen LogP contribution in [0.2, 0.25) is 0 Å². The van der Waals surface area contributed by atoms with E-state index in [1.54, 1.807) is 25.1 Å². The third-order valence-electron chi connectivity index (χ3n) is 4.55. The fourth-order valence-electron chi connectivity index (χ4n) is 2.97. The topological polar surface area (TPSA) is 66.4 Å². The number of nitrogens with one attached hydrogen (secondary N) is 1. The molecule has 0 aromatic heterocycles. The summed E-state index contributed by atoms with van der Waals surface area (Å²) in [5.41, 5.74) is 0. The van der Waals surface area contributed by atoms with Gasteiger partial charge in [0.1, 0.15) is 6.54 Å². The van der Waals surface area contributed by atoms with Gasteiger partial charge in [-0.25, -0.2) is 4.99 Å². The maximum atomic E-state index is 11.8. The van der Waals surface area contributed by atoms with Gasteiger partial charge in [0.05, 0.1) is 18.8 Å². The van der Waals surface area contributed by atoms with E-state index in [0.29, 0.717) is 13.2 Å². The van der Waals surface area contributed by atoms with Crippen molar-refractivity contribution < 1.29 is 14.3 Å². The van der Waals surface area contributed by atoms with Gasteiger partial charge < -0.3 is 24.6 Å². The van der Waals surface area contributed by atoms with Crippen LogP contribution in [0.15, 0.2) is 17.6 Å². The Kier molecular flexibility index (Phi) is 8.21. The summed E-state index contributed by atoms with van der Waals surface area (Å²) in [5, 5.41) is 3.25. The lowest BCUT2D eigenvalue weighted by molar-refractivity contribution is -0.127. The smallest absolute Gasteiger partial charge is 0.243 e. The number of piperidine rings is 1. The molecule has 0 radical (unpaired) electrons. The van der Waals surface area contributed by atoms with Crippen LogP contribution in [0.1, 0.15) is 25.7 Å². The number of ether oxygens (including phenoxy) is 2. The summed E-state index contributed by atoms with van der Waals surface area (Å²) in [4.78, 5) is 20.0. The molecule has 0 spiro atoms. The number of likely N-dealkylation sites (tertiary alicyclic amines) is 1. The van der Waals surface area contributed by atoms with Crippen LogP contribution in [-0.4, -0.2) is 87.4 Å². The summed E-state index contributed by atoms with van der Waals surface area (Å²) >= 11 is 0. The van der Waals surface area contributed by atoms with E-state index in [4.69, 9.17) is 9.47 Å². The minimum atomic E-state index is -0.00677. The first kappa shape index (κ1) is 19.7. The van der Waals surface area contributed by atoms with Crippen LogP contribution in [0.3, 0.4) is 0 Å². The SMILES string of the molecule is C=CCNC(=NCC(=O)N(C)C)N1CCC(OCC2CCCO2)CC1. The molecule has 0 aromatic rings. The molecule has 1 amide bonds. The molecule has 1 atom stereocenters. The highest BCUT2D eigenvalue weighted by molar-refractivity contribution is 5.85. The zero-order valence-corrected chi connectivity index (χ0v) is 15.6. The van der Waals surface area contributed by atoms with E-state index in [-0.39, 0.29) is 24.7 Å². The molecule has 0 aromatic carbocycles. The average Bonchev–Trinajstić information content (AvgIpc) is 3.14. The molecule has 2 rings (SSSR count). The molecule has 142 valence electrons. The summed E-state index contributed by atoms with van der Waals surface area (Å²) < 4.78 is 11.6. The third-order valence-corrected chi connectivity index (χ3v) is 4.55. The molecular weight excluding hydrogens is 320 g/mol. The van der Waals surface area contributed by atoms with Crippen LogP contribution in [0.25, 0.3) is 0 Å². The molecule has 2 heterocycles. The van der Waals surface area contributed by atoms with Crippen LogP contribution < -0.4 is 5.32 Å². The number of carbonyl (C=O) groups is 1. The lowest BCUT2D eigenvalue weighted by atomic mass is 10.1. The third kappa shape index (κ3) is 6.66. The highest BCUT2D eigenvalue weighted by Crippen LogP contribution is 2.17. The Hall–Kier alpha value is -1.60. The zero-order valence-electron chi connectivity index (χ0n) is 15.6. The normalized spacial score (nSPS) is 22.1. The van der Waals surface area contributed by atoms with Gasteiger partial charge in [0.25, 0.3) is 0 Å². The lowest BCUT2D eigenvalue weighted by Crippen LogP contribution is -2.47. The van der Waals surface area contributed by atoms with E-state index >= 15 is 0 Å². The molecule has 25 heavy (non-hydrogen) atoms. The Morgan fingerprint density at radius 1 is 1.40 bits per heavy atom. The highest BCUT2D eigenvalue weighted by atomic mass is 16.5. The van der Waals surface area contributed by atoms with Gasteiger partial charge in [-0.1, -0.05) is 6.08 Å². The number of guanidine groups is 1. The molecular formula is C18H32N4O3. The van der Waals surface area contributed by atoms with Crippen molar-refractivity contribution in [2.75, 3.05) is 53.5 Å². The molecule has 0 aliphatic carbocycles. The van der Waals surface area contributed by atoms with Crippen LogP contribution in [-0.2, 0) is 14.3 Å². The van der Waals surface area contributed by atoms with Crippen molar-refractivity contribution in [3.63, 3.8) is 0 Å². The van der Waals surface area contributed by atoms with Crippen LogP contribution in [0.4, 0.5) is 0 Å². The summed E-state index contributed by atoms with van der Waals surface area (Å²) in [6.45, 7) is 7.83. The van der Waals surface area contributed by atoms with Crippen molar-refractivity contribution in [1.29, 1.82) is 0 Å². The van der Waals surface area contributed by atoms with Gasteiger partial charge in [0.15, 0.2) is 5.96 Å². The number of rotatable bonds is 7. The Labute approximate surface area is 151 Å². The number of hydrogen-bond donors (Lipinski definition) is 1. The second-order valence-corrected chi connectivity index (χ2v) is 6.75. The summed E-state index contributed by atoms with van der Waals surface area (Å²) in [5.74, 6) is 0.764. The Balaban J connectivity index is 1.79. The van der Waals surface area contributed by atoms with Gasteiger partial charge in [0, 0.05) is 40.3 Å². The molecule has 0 bridgehead atoms. The molecule has 0 saturated carbocycles.